The van der Waals surface area contributed by atoms with Crippen molar-refractivity contribution in [3.63, 3.8) is 0 Å². The average Bonchev–Trinajstić information content (AvgIpc) is 3.18. The topological polar surface area (TPSA) is 61.8 Å². The summed E-state index contributed by atoms with van der Waals surface area (Å²) < 4.78 is 16.8. The molecule has 55 heavy (non-hydrogen) atoms. The highest BCUT2D eigenvalue weighted by Gasteiger charge is 2.13. The van der Waals surface area contributed by atoms with Crippen LogP contribution in [0.3, 0.4) is 0 Å². The molecule has 5 heteroatoms. The van der Waals surface area contributed by atoms with Gasteiger partial charge in [0, 0.05) is 12.8 Å². The van der Waals surface area contributed by atoms with Gasteiger partial charge in [-0.1, -0.05) is 245 Å². The zero-order valence-corrected chi connectivity index (χ0v) is 37.9. The maximum Gasteiger partial charge on any atom is 0.306 e. The van der Waals surface area contributed by atoms with E-state index in [0.29, 0.717) is 19.4 Å². The molecule has 0 amide bonds. The summed E-state index contributed by atoms with van der Waals surface area (Å²) in [7, 11) is 0. The normalized spacial score (nSPS) is 12.6. The number of unbranched alkanes of at least 4 members (excludes halogenated alkanes) is 36. The van der Waals surface area contributed by atoms with Crippen LogP contribution in [0.1, 0.15) is 285 Å². The van der Waals surface area contributed by atoms with Crippen molar-refractivity contribution in [3.05, 3.63) is 0 Å². The zero-order valence-electron chi connectivity index (χ0n) is 37.9. The van der Waals surface area contributed by atoms with Crippen molar-refractivity contribution in [1.29, 1.82) is 0 Å². The van der Waals surface area contributed by atoms with E-state index in [4.69, 9.17) is 14.2 Å². The zero-order chi connectivity index (χ0) is 40.1. The van der Waals surface area contributed by atoms with E-state index in [-0.39, 0.29) is 30.8 Å². The number of hydrogen-bond acceptors (Lipinski definition) is 5. The molecular formula is C50H98O5. The Hall–Kier alpha value is -1.10. The second kappa shape index (κ2) is 45.6. The first-order chi connectivity index (χ1) is 27.0. The maximum absolute atomic E-state index is 12.3. The number of ether oxygens (including phenoxy) is 3. The molecule has 0 aliphatic rings. The lowest BCUT2D eigenvalue weighted by atomic mass is 10.0. The first kappa shape index (κ1) is 53.9. The summed E-state index contributed by atoms with van der Waals surface area (Å²) in [5.74, 6) is -0.275. The van der Waals surface area contributed by atoms with Gasteiger partial charge in [-0.2, -0.15) is 0 Å². The van der Waals surface area contributed by atoms with Crippen LogP contribution in [0, 0.1) is 0 Å². The van der Waals surface area contributed by atoms with Crippen molar-refractivity contribution in [3.8, 4) is 0 Å². The molecule has 0 aromatic carbocycles. The quantitative estimate of drug-likeness (QED) is 0.0455. The van der Waals surface area contributed by atoms with Crippen molar-refractivity contribution in [2.45, 2.75) is 297 Å². The van der Waals surface area contributed by atoms with Gasteiger partial charge in [-0.15, -0.1) is 0 Å². The van der Waals surface area contributed by atoms with E-state index in [1.807, 2.05) is 13.8 Å². The van der Waals surface area contributed by atoms with Crippen molar-refractivity contribution in [2.24, 2.45) is 0 Å². The van der Waals surface area contributed by atoms with Crippen molar-refractivity contribution < 1.29 is 23.8 Å². The van der Waals surface area contributed by atoms with Gasteiger partial charge in [0.2, 0.25) is 0 Å². The number of carbonyl (C=O) groups is 2. The van der Waals surface area contributed by atoms with E-state index < -0.39 is 0 Å². The van der Waals surface area contributed by atoms with Crippen LogP contribution in [0.15, 0.2) is 0 Å². The summed E-state index contributed by atoms with van der Waals surface area (Å²) in [5, 5.41) is 0. The Kier molecular flexibility index (Phi) is 44.7. The number of carbonyl (C=O) groups excluding carboxylic acids is 2. The molecule has 0 N–H and O–H groups in total. The Labute approximate surface area is 344 Å². The highest BCUT2D eigenvalue weighted by molar-refractivity contribution is 5.69. The summed E-state index contributed by atoms with van der Waals surface area (Å²) in [6.07, 6.45) is 51.7. The minimum absolute atomic E-state index is 0.137. The van der Waals surface area contributed by atoms with E-state index in [9.17, 15) is 9.59 Å². The highest BCUT2D eigenvalue weighted by atomic mass is 16.6. The molecule has 0 aromatic heterocycles. The predicted molar refractivity (Wildman–Crippen MR) is 238 cm³/mol. The molecule has 0 heterocycles. The largest absolute Gasteiger partial charge is 0.463 e. The molecule has 328 valence electrons. The summed E-state index contributed by atoms with van der Waals surface area (Å²) in [4.78, 5) is 24.4. The second-order valence-corrected chi connectivity index (χ2v) is 17.4. The second-order valence-electron chi connectivity index (χ2n) is 17.4. The summed E-state index contributed by atoms with van der Waals surface area (Å²) in [5.41, 5.74) is 0. The van der Waals surface area contributed by atoms with E-state index in [1.165, 1.54) is 218 Å². The monoisotopic (exact) mass is 779 g/mol. The average molecular weight is 779 g/mol. The lowest BCUT2D eigenvalue weighted by Crippen LogP contribution is -2.26. The fourth-order valence-electron chi connectivity index (χ4n) is 7.64. The fourth-order valence-corrected chi connectivity index (χ4v) is 7.64. The van der Waals surface area contributed by atoms with Crippen LogP contribution in [-0.4, -0.2) is 37.4 Å². The molecule has 0 aliphatic heterocycles. The summed E-state index contributed by atoms with van der Waals surface area (Å²) in [6.45, 7) is 8.92. The third kappa shape index (κ3) is 45.5. The molecule has 2 unspecified atom stereocenters. The molecule has 2 atom stereocenters. The van der Waals surface area contributed by atoms with Crippen molar-refractivity contribution in [1.82, 2.24) is 0 Å². The van der Waals surface area contributed by atoms with E-state index in [0.717, 1.165) is 25.7 Å². The lowest BCUT2D eigenvalue weighted by Gasteiger charge is -2.18. The molecule has 0 saturated carbocycles. The molecule has 5 nitrogen and oxygen atoms in total. The van der Waals surface area contributed by atoms with E-state index in [2.05, 4.69) is 13.8 Å². The third-order valence-corrected chi connectivity index (χ3v) is 11.4. The fraction of sp³-hybridized carbons (Fsp3) is 0.960. The van der Waals surface area contributed by atoms with Gasteiger partial charge in [-0.3, -0.25) is 9.59 Å². The van der Waals surface area contributed by atoms with Crippen LogP contribution in [-0.2, 0) is 23.8 Å². The van der Waals surface area contributed by atoms with Gasteiger partial charge in [0.1, 0.15) is 12.7 Å². The van der Waals surface area contributed by atoms with Gasteiger partial charge in [-0.25, -0.2) is 0 Å². The summed E-state index contributed by atoms with van der Waals surface area (Å²) >= 11 is 0. The SMILES string of the molecule is CCCCCCCCCCCCCCCCCCCCCC(=O)OCC(C)OCC(C)OC(=O)CCCCCCCCCCCCCCCCCCCCC. The summed E-state index contributed by atoms with van der Waals surface area (Å²) in [6, 6.07) is 0. The maximum atomic E-state index is 12.3. The van der Waals surface area contributed by atoms with Gasteiger partial charge in [0.15, 0.2) is 0 Å². The van der Waals surface area contributed by atoms with E-state index >= 15 is 0 Å². The number of rotatable bonds is 46. The Bertz CT molecular complexity index is 769. The van der Waals surface area contributed by atoms with Crippen molar-refractivity contribution >= 4 is 11.9 Å². The molecule has 0 spiro atoms. The van der Waals surface area contributed by atoms with Gasteiger partial charge >= 0.3 is 11.9 Å². The predicted octanol–water partition coefficient (Wildman–Crippen LogP) is 16.5. The van der Waals surface area contributed by atoms with Crippen LogP contribution < -0.4 is 0 Å². The molecule has 0 rings (SSSR count). The Morgan fingerprint density at radius 2 is 0.582 bits per heavy atom. The molecule has 0 aromatic rings. The lowest BCUT2D eigenvalue weighted by molar-refractivity contribution is -0.154. The van der Waals surface area contributed by atoms with Gasteiger partial charge < -0.3 is 14.2 Å². The molecule has 0 aliphatic carbocycles. The highest BCUT2D eigenvalue weighted by Crippen LogP contribution is 2.17. The Morgan fingerprint density at radius 1 is 0.327 bits per heavy atom. The molecule has 0 fully saturated rings. The number of hydrogen-bond donors (Lipinski definition) is 0. The van der Waals surface area contributed by atoms with Crippen LogP contribution in [0.2, 0.25) is 0 Å². The Balaban J connectivity index is 3.43. The standard InChI is InChI=1S/C50H98O5/c1-5-7-9-11-13-15-17-19-21-23-25-27-29-31-33-35-37-39-41-43-49(51)54-45-47(3)53-46-48(4)55-50(52)44-42-40-38-36-34-32-30-28-26-24-22-20-18-16-14-12-10-8-6-2/h47-48H,5-46H2,1-4H3. The number of esters is 2. The van der Waals surface area contributed by atoms with Crippen LogP contribution in [0.4, 0.5) is 0 Å². The minimum Gasteiger partial charge on any atom is -0.463 e. The van der Waals surface area contributed by atoms with Gasteiger partial charge in [0.25, 0.3) is 0 Å². The smallest absolute Gasteiger partial charge is 0.306 e. The van der Waals surface area contributed by atoms with Crippen LogP contribution in [0.25, 0.3) is 0 Å². The molecule has 0 radical (unpaired) electrons. The van der Waals surface area contributed by atoms with Crippen molar-refractivity contribution in [2.75, 3.05) is 13.2 Å². The third-order valence-electron chi connectivity index (χ3n) is 11.4. The van der Waals surface area contributed by atoms with Gasteiger partial charge in [-0.05, 0) is 26.7 Å². The molecular weight excluding hydrogens is 681 g/mol. The first-order valence-corrected chi connectivity index (χ1v) is 25.0. The molecule has 0 bridgehead atoms. The van der Waals surface area contributed by atoms with E-state index in [1.54, 1.807) is 0 Å². The van der Waals surface area contributed by atoms with Crippen LogP contribution in [0.5, 0.6) is 0 Å². The Morgan fingerprint density at radius 3 is 0.873 bits per heavy atom. The van der Waals surface area contributed by atoms with Crippen LogP contribution >= 0.6 is 0 Å². The van der Waals surface area contributed by atoms with Gasteiger partial charge in [0.05, 0.1) is 12.7 Å². The minimum atomic E-state index is -0.296. The molecule has 0 saturated heterocycles. The first-order valence-electron chi connectivity index (χ1n) is 25.0.